The minimum Gasteiger partial charge on any atom is -0.355 e. The van der Waals surface area contributed by atoms with Crippen LogP contribution in [0.3, 0.4) is 0 Å². The molecule has 3 atom stereocenters. The van der Waals surface area contributed by atoms with Gasteiger partial charge in [-0.1, -0.05) is 25.8 Å². The molecule has 3 rings (SSSR count). The van der Waals surface area contributed by atoms with Gasteiger partial charge in [0.2, 0.25) is 0 Å². The molecule has 1 aromatic rings. The molecular weight excluding hydrogens is 286 g/mol. The first-order valence-corrected chi connectivity index (χ1v) is 8.83. The van der Waals surface area contributed by atoms with Gasteiger partial charge in [0.15, 0.2) is 0 Å². The van der Waals surface area contributed by atoms with Crippen molar-refractivity contribution >= 4 is 11.7 Å². The van der Waals surface area contributed by atoms with Crippen LogP contribution in [0.25, 0.3) is 0 Å². The molecule has 3 heteroatoms. The second-order valence-corrected chi connectivity index (χ2v) is 7.50. The fourth-order valence-electron chi connectivity index (χ4n) is 5.08. The highest BCUT2D eigenvalue weighted by Crippen LogP contribution is 2.54. The van der Waals surface area contributed by atoms with E-state index >= 15 is 0 Å². The molecule has 0 spiro atoms. The third-order valence-electron chi connectivity index (χ3n) is 6.19. The number of benzene rings is 1. The Morgan fingerprint density at radius 3 is 2.83 bits per heavy atom. The fourth-order valence-corrected chi connectivity index (χ4v) is 5.08. The van der Waals surface area contributed by atoms with Crippen molar-refractivity contribution in [3.8, 4) is 0 Å². The third kappa shape index (κ3) is 2.71. The van der Waals surface area contributed by atoms with Crippen LogP contribution in [0.2, 0.25) is 0 Å². The van der Waals surface area contributed by atoms with Gasteiger partial charge in [-0.15, -0.1) is 0 Å². The first-order chi connectivity index (χ1) is 11.0. The minimum atomic E-state index is -0.0544. The fraction of sp³-hybridized carbons (Fsp3) is 0.600. The van der Waals surface area contributed by atoms with E-state index in [-0.39, 0.29) is 11.3 Å². The number of ketones is 1. The summed E-state index contributed by atoms with van der Waals surface area (Å²) in [5.41, 5.74) is 3.10. The van der Waals surface area contributed by atoms with Crippen molar-refractivity contribution in [1.82, 2.24) is 5.32 Å². The lowest BCUT2D eigenvalue weighted by molar-refractivity contribution is -0.125. The van der Waals surface area contributed by atoms with E-state index in [0.717, 1.165) is 19.3 Å². The molecule has 0 bridgehead atoms. The van der Waals surface area contributed by atoms with Gasteiger partial charge < -0.3 is 5.32 Å². The molecule has 0 radical (unpaired) electrons. The molecular formula is C20H27NO2. The predicted molar refractivity (Wildman–Crippen MR) is 91.6 cm³/mol. The highest BCUT2D eigenvalue weighted by atomic mass is 16.1. The van der Waals surface area contributed by atoms with Crippen molar-refractivity contribution in [2.24, 2.45) is 11.8 Å². The molecule has 2 aliphatic rings. The van der Waals surface area contributed by atoms with Crippen LogP contribution in [0, 0.1) is 18.8 Å². The van der Waals surface area contributed by atoms with E-state index in [2.05, 4.69) is 25.2 Å². The van der Waals surface area contributed by atoms with Crippen molar-refractivity contribution in [3.05, 3.63) is 34.9 Å². The average Bonchev–Trinajstić information content (AvgIpc) is 2.54. The maximum atomic E-state index is 12.3. The summed E-state index contributed by atoms with van der Waals surface area (Å²) in [6, 6.07) is 5.99. The number of amides is 1. The SMILES string of the molecule is CNC(=O)c1ccc(C)c([C@]23CCC[C@H](C)[C@@H]2CCC(=O)C3)c1. The summed E-state index contributed by atoms with van der Waals surface area (Å²) in [4.78, 5) is 24.4. The van der Waals surface area contributed by atoms with Crippen LogP contribution in [-0.2, 0) is 10.2 Å². The Hall–Kier alpha value is -1.64. The zero-order valence-electron chi connectivity index (χ0n) is 14.4. The highest BCUT2D eigenvalue weighted by molar-refractivity contribution is 5.94. The maximum absolute atomic E-state index is 12.3. The number of hydrogen-bond acceptors (Lipinski definition) is 2. The Morgan fingerprint density at radius 2 is 2.09 bits per heavy atom. The zero-order chi connectivity index (χ0) is 16.6. The van der Waals surface area contributed by atoms with E-state index in [1.54, 1.807) is 7.05 Å². The van der Waals surface area contributed by atoms with Crippen LogP contribution >= 0.6 is 0 Å². The topological polar surface area (TPSA) is 46.2 Å². The zero-order valence-corrected chi connectivity index (χ0v) is 14.4. The molecule has 124 valence electrons. The Kier molecular flexibility index (Phi) is 4.31. The molecule has 0 unspecified atom stereocenters. The number of carbonyl (C=O) groups excluding carboxylic acids is 2. The Labute approximate surface area is 138 Å². The second-order valence-electron chi connectivity index (χ2n) is 7.50. The molecule has 2 aliphatic carbocycles. The largest absolute Gasteiger partial charge is 0.355 e. The van der Waals surface area contributed by atoms with Gasteiger partial charge in [0.05, 0.1) is 0 Å². The van der Waals surface area contributed by atoms with Gasteiger partial charge in [0.1, 0.15) is 5.78 Å². The van der Waals surface area contributed by atoms with Gasteiger partial charge in [-0.05, 0) is 54.9 Å². The van der Waals surface area contributed by atoms with Crippen LogP contribution in [0.15, 0.2) is 18.2 Å². The van der Waals surface area contributed by atoms with Crippen molar-refractivity contribution in [2.75, 3.05) is 7.05 Å². The van der Waals surface area contributed by atoms with Crippen LogP contribution in [0.1, 0.15) is 66.9 Å². The normalized spacial score (nSPS) is 30.7. The molecule has 23 heavy (non-hydrogen) atoms. The number of Topliss-reactive ketones (excluding diaryl/α,β-unsaturated/α-hetero) is 1. The quantitative estimate of drug-likeness (QED) is 0.903. The smallest absolute Gasteiger partial charge is 0.251 e. The van der Waals surface area contributed by atoms with Gasteiger partial charge >= 0.3 is 0 Å². The second kappa shape index (κ2) is 6.10. The molecule has 2 saturated carbocycles. The maximum Gasteiger partial charge on any atom is 0.251 e. The van der Waals surface area contributed by atoms with Gasteiger partial charge in [-0.2, -0.15) is 0 Å². The van der Waals surface area contributed by atoms with Gasteiger partial charge in [0, 0.05) is 30.9 Å². The number of rotatable bonds is 2. The van der Waals surface area contributed by atoms with E-state index in [1.165, 1.54) is 24.0 Å². The van der Waals surface area contributed by atoms with Crippen LogP contribution in [0.4, 0.5) is 0 Å². The molecule has 0 heterocycles. The van der Waals surface area contributed by atoms with Crippen LogP contribution < -0.4 is 5.32 Å². The van der Waals surface area contributed by atoms with Gasteiger partial charge in [-0.3, -0.25) is 9.59 Å². The summed E-state index contributed by atoms with van der Waals surface area (Å²) in [6.07, 6.45) is 5.89. The molecule has 1 N–H and O–H groups in total. The van der Waals surface area contributed by atoms with Crippen LogP contribution in [0.5, 0.6) is 0 Å². The average molecular weight is 313 g/mol. The lowest BCUT2D eigenvalue weighted by atomic mass is 9.53. The highest BCUT2D eigenvalue weighted by Gasteiger charge is 2.49. The third-order valence-corrected chi connectivity index (χ3v) is 6.19. The molecule has 0 aromatic heterocycles. The summed E-state index contributed by atoms with van der Waals surface area (Å²) >= 11 is 0. The molecule has 0 saturated heterocycles. The number of nitrogens with one attached hydrogen (secondary N) is 1. The Bertz CT molecular complexity index is 637. The molecule has 0 aliphatic heterocycles. The molecule has 2 fully saturated rings. The minimum absolute atomic E-state index is 0.0507. The van der Waals surface area contributed by atoms with Crippen molar-refractivity contribution in [1.29, 1.82) is 0 Å². The summed E-state index contributed by atoms with van der Waals surface area (Å²) in [6.45, 7) is 4.46. The summed E-state index contributed by atoms with van der Waals surface area (Å²) < 4.78 is 0. The monoisotopic (exact) mass is 313 g/mol. The molecule has 1 amide bonds. The summed E-state index contributed by atoms with van der Waals surface area (Å²) in [5, 5.41) is 2.71. The predicted octanol–water partition coefficient (Wildman–Crippen LogP) is 3.78. The lowest BCUT2D eigenvalue weighted by Crippen LogP contribution is -2.47. The first kappa shape index (κ1) is 16.2. The van der Waals surface area contributed by atoms with Gasteiger partial charge in [0.25, 0.3) is 5.91 Å². The van der Waals surface area contributed by atoms with E-state index in [1.807, 2.05) is 12.1 Å². The van der Waals surface area contributed by atoms with Gasteiger partial charge in [-0.25, -0.2) is 0 Å². The Morgan fingerprint density at radius 1 is 1.30 bits per heavy atom. The van der Waals surface area contributed by atoms with E-state index in [4.69, 9.17) is 0 Å². The van der Waals surface area contributed by atoms with Crippen molar-refractivity contribution in [3.63, 3.8) is 0 Å². The van der Waals surface area contributed by atoms with E-state index < -0.39 is 0 Å². The standard InChI is InChI=1S/C20H27NO2/c1-13-5-4-10-20(12-16(22)8-9-17(13)20)18-11-15(19(23)21-3)7-6-14(18)2/h6-7,11,13,17H,4-5,8-10,12H2,1-3H3,(H,21,23)/t13-,17-,20-/m0/s1. The summed E-state index contributed by atoms with van der Waals surface area (Å²) in [5.74, 6) is 1.55. The van der Waals surface area contributed by atoms with E-state index in [0.29, 0.717) is 29.6 Å². The first-order valence-electron chi connectivity index (χ1n) is 8.83. The van der Waals surface area contributed by atoms with Crippen molar-refractivity contribution in [2.45, 2.75) is 57.8 Å². The lowest BCUT2D eigenvalue weighted by Gasteiger charge is -2.51. The van der Waals surface area contributed by atoms with Crippen molar-refractivity contribution < 1.29 is 9.59 Å². The molecule has 1 aromatic carbocycles. The number of hydrogen-bond donors (Lipinski definition) is 1. The number of aryl methyl sites for hydroxylation is 1. The number of carbonyl (C=O) groups is 2. The molecule has 3 nitrogen and oxygen atoms in total. The van der Waals surface area contributed by atoms with Crippen LogP contribution in [-0.4, -0.2) is 18.7 Å². The Balaban J connectivity index is 2.12. The number of fused-ring (bicyclic) bond motifs is 1. The summed E-state index contributed by atoms with van der Waals surface area (Å²) in [7, 11) is 1.66. The van der Waals surface area contributed by atoms with E-state index in [9.17, 15) is 9.59 Å².